The summed E-state index contributed by atoms with van der Waals surface area (Å²) in [5.41, 5.74) is 1.13. The molecule has 0 spiro atoms. The molecular formula is C21H31N3O3. The number of urea groups is 1. The van der Waals surface area contributed by atoms with Gasteiger partial charge in [-0.2, -0.15) is 0 Å². The third-order valence-electron chi connectivity index (χ3n) is 4.83. The Morgan fingerprint density at radius 2 is 2.04 bits per heavy atom. The van der Waals surface area contributed by atoms with E-state index in [0.29, 0.717) is 19.0 Å². The lowest BCUT2D eigenvalue weighted by Gasteiger charge is -2.25. The molecule has 6 heteroatoms. The molecule has 0 heterocycles. The molecule has 27 heavy (non-hydrogen) atoms. The number of carbonyl (C=O) groups is 1. The highest BCUT2D eigenvalue weighted by atomic mass is 16.5. The van der Waals surface area contributed by atoms with Gasteiger partial charge in [0, 0.05) is 19.1 Å². The maximum atomic E-state index is 12.1. The molecule has 1 aliphatic rings. The number of ether oxygens (including phenoxy) is 1. The van der Waals surface area contributed by atoms with Crippen LogP contribution >= 0.6 is 0 Å². The number of hydrogen-bond donors (Lipinski definition) is 3. The predicted octanol–water partition coefficient (Wildman–Crippen LogP) is 2.66. The van der Waals surface area contributed by atoms with Gasteiger partial charge in [-0.3, -0.25) is 0 Å². The molecule has 148 valence electrons. The molecule has 1 aliphatic carbocycles. The van der Waals surface area contributed by atoms with Crippen LogP contribution in [0.2, 0.25) is 0 Å². The number of allylic oxidation sites excluding steroid dienone is 3. The van der Waals surface area contributed by atoms with Gasteiger partial charge in [0.05, 0.1) is 7.11 Å². The van der Waals surface area contributed by atoms with E-state index in [1.165, 1.54) is 0 Å². The van der Waals surface area contributed by atoms with Crippen molar-refractivity contribution in [2.24, 2.45) is 5.92 Å². The Morgan fingerprint density at radius 1 is 1.30 bits per heavy atom. The van der Waals surface area contributed by atoms with Crippen LogP contribution in [0.3, 0.4) is 0 Å². The van der Waals surface area contributed by atoms with Crippen molar-refractivity contribution in [1.29, 1.82) is 0 Å². The molecule has 0 fully saturated rings. The minimum Gasteiger partial charge on any atom is -0.508 e. The molecule has 0 aliphatic heterocycles. The van der Waals surface area contributed by atoms with Crippen molar-refractivity contribution in [2.45, 2.75) is 25.3 Å². The normalized spacial score (nSPS) is 17.3. The maximum Gasteiger partial charge on any atom is 0.314 e. The number of hydrogen-bond acceptors (Lipinski definition) is 4. The van der Waals surface area contributed by atoms with Gasteiger partial charge in [0.1, 0.15) is 11.5 Å². The summed E-state index contributed by atoms with van der Waals surface area (Å²) in [6.07, 6.45) is 8.85. The van der Waals surface area contributed by atoms with Gasteiger partial charge in [-0.1, -0.05) is 18.2 Å². The molecule has 0 radical (unpaired) electrons. The Kier molecular flexibility index (Phi) is 8.20. The predicted molar refractivity (Wildman–Crippen MR) is 108 cm³/mol. The van der Waals surface area contributed by atoms with E-state index in [1.807, 2.05) is 32.3 Å². The van der Waals surface area contributed by atoms with Crippen molar-refractivity contribution in [3.05, 3.63) is 53.8 Å². The highest BCUT2D eigenvalue weighted by Crippen LogP contribution is 2.19. The van der Waals surface area contributed by atoms with Gasteiger partial charge < -0.3 is 25.4 Å². The lowest BCUT2D eigenvalue weighted by Crippen LogP contribution is -2.45. The summed E-state index contributed by atoms with van der Waals surface area (Å²) >= 11 is 0. The molecule has 0 saturated heterocycles. The summed E-state index contributed by atoms with van der Waals surface area (Å²) in [4.78, 5) is 14.2. The summed E-state index contributed by atoms with van der Waals surface area (Å²) in [5, 5.41) is 15.3. The van der Waals surface area contributed by atoms with E-state index in [-0.39, 0.29) is 17.8 Å². The van der Waals surface area contributed by atoms with Gasteiger partial charge in [-0.25, -0.2) is 4.79 Å². The van der Waals surface area contributed by atoms with E-state index in [1.54, 1.807) is 19.2 Å². The smallest absolute Gasteiger partial charge is 0.314 e. The average Bonchev–Trinajstić information content (AvgIpc) is 2.67. The number of likely N-dealkylation sites (N-methyl/N-ethyl adjacent to an activating group) is 1. The van der Waals surface area contributed by atoms with Crippen LogP contribution in [0, 0.1) is 5.92 Å². The number of amides is 2. The first-order valence-corrected chi connectivity index (χ1v) is 9.36. The standard InChI is InChI=1S/C21H31N3O3/c1-24(2)18(14-17-4-8-19(25)9-5-17)15-23-21(26)22-13-12-16-6-10-20(27-3)11-7-16/h4-6,8-11,16,18,25H,7,12-15H2,1-3H3,(H2,22,23,26). The van der Waals surface area contributed by atoms with Crippen LogP contribution in [0.25, 0.3) is 0 Å². The number of methoxy groups -OCH3 is 1. The van der Waals surface area contributed by atoms with E-state index in [0.717, 1.165) is 30.6 Å². The van der Waals surface area contributed by atoms with E-state index in [9.17, 15) is 9.90 Å². The van der Waals surface area contributed by atoms with Crippen LogP contribution in [-0.2, 0) is 11.2 Å². The molecule has 2 rings (SSSR count). The van der Waals surface area contributed by atoms with Crippen molar-refractivity contribution in [2.75, 3.05) is 34.3 Å². The lowest BCUT2D eigenvalue weighted by molar-refractivity contribution is 0.231. The van der Waals surface area contributed by atoms with Crippen molar-refractivity contribution in [3.63, 3.8) is 0 Å². The number of phenols is 1. The van der Waals surface area contributed by atoms with Crippen LogP contribution in [-0.4, -0.2) is 56.4 Å². The monoisotopic (exact) mass is 373 g/mol. The first-order chi connectivity index (χ1) is 13.0. The summed E-state index contributed by atoms with van der Waals surface area (Å²) < 4.78 is 5.18. The molecule has 0 aromatic heterocycles. The van der Waals surface area contributed by atoms with E-state index in [2.05, 4.69) is 27.7 Å². The quantitative estimate of drug-likeness (QED) is 0.622. The zero-order valence-corrected chi connectivity index (χ0v) is 16.4. The van der Waals surface area contributed by atoms with Gasteiger partial charge in [0.2, 0.25) is 0 Å². The molecule has 1 aromatic rings. The Balaban J connectivity index is 1.68. The second-order valence-corrected chi connectivity index (χ2v) is 7.08. The fraction of sp³-hybridized carbons (Fsp3) is 0.476. The number of carbonyl (C=O) groups excluding carboxylic acids is 1. The first-order valence-electron chi connectivity index (χ1n) is 9.36. The second kappa shape index (κ2) is 10.6. The fourth-order valence-electron chi connectivity index (χ4n) is 3.00. The minimum atomic E-state index is -0.138. The molecule has 1 aromatic carbocycles. The van der Waals surface area contributed by atoms with Crippen LogP contribution in [0.4, 0.5) is 4.79 Å². The Morgan fingerprint density at radius 3 is 2.63 bits per heavy atom. The van der Waals surface area contributed by atoms with Gasteiger partial charge in [0.25, 0.3) is 0 Å². The molecule has 2 atom stereocenters. The maximum absolute atomic E-state index is 12.1. The number of aromatic hydroxyl groups is 1. The first kappa shape index (κ1) is 20.8. The van der Waals surface area contributed by atoms with Gasteiger partial charge >= 0.3 is 6.03 Å². The van der Waals surface area contributed by atoms with Crippen molar-refractivity contribution < 1.29 is 14.6 Å². The summed E-state index contributed by atoms with van der Waals surface area (Å²) in [7, 11) is 5.68. The van der Waals surface area contributed by atoms with Gasteiger partial charge in [0.15, 0.2) is 0 Å². The molecular weight excluding hydrogens is 342 g/mol. The van der Waals surface area contributed by atoms with Gasteiger partial charge in [-0.15, -0.1) is 0 Å². The van der Waals surface area contributed by atoms with Crippen molar-refractivity contribution >= 4 is 6.03 Å². The highest BCUT2D eigenvalue weighted by Gasteiger charge is 2.14. The largest absolute Gasteiger partial charge is 0.508 e. The van der Waals surface area contributed by atoms with E-state index < -0.39 is 0 Å². The Bertz CT molecular complexity index is 653. The number of nitrogens with one attached hydrogen (secondary N) is 2. The number of benzene rings is 1. The summed E-state index contributed by atoms with van der Waals surface area (Å²) in [6.45, 7) is 1.20. The van der Waals surface area contributed by atoms with Crippen molar-refractivity contribution in [3.8, 4) is 5.75 Å². The number of nitrogens with zero attached hydrogens (tertiary/aromatic N) is 1. The van der Waals surface area contributed by atoms with Crippen molar-refractivity contribution in [1.82, 2.24) is 15.5 Å². The van der Waals surface area contributed by atoms with Crippen LogP contribution in [0.1, 0.15) is 18.4 Å². The van der Waals surface area contributed by atoms with Crippen LogP contribution < -0.4 is 10.6 Å². The Hall–Kier alpha value is -2.47. The summed E-state index contributed by atoms with van der Waals surface area (Å²) in [5.74, 6) is 1.60. The molecule has 2 unspecified atom stereocenters. The van der Waals surface area contributed by atoms with Crippen LogP contribution in [0.15, 0.2) is 48.3 Å². The second-order valence-electron chi connectivity index (χ2n) is 7.08. The Labute approximate surface area is 161 Å². The topological polar surface area (TPSA) is 73.8 Å². The lowest BCUT2D eigenvalue weighted by atomic mass is 9.97. The molecule has 0 saturated carbocycles. The third kappa shape index (κ3) is 7.35. The van der Waals surface area contributed by atoms with Crippen LogP contribution in [0.5, 0.6) is 5.75 Å². The van der Waals surface area contributed by atoms with E-state index in [4.69, 9.17) is 4.74 Å². The highest BCUT2D eigenvalue weighted by molar-refractivity contribution is 5.73. The number of phenolic OH excluding ortho intramolecular Hbond substituents is 1. The SMILES string of the molecule is COC1=CCC(CCNC(=O)NCC(Cc2ccc(O)cc2)N(C)C)C=C1. The molecule has 3 N–H and O–H groups in total. The minimum absolute atomic E-state index is 0.138. The zero-order valence-electron chi connectivity index (χ0n) is 16.4. The third-order valence-corrected chi connectivity index (χ3v) is 4.83. The van der Waals surface area contributed by atoms with Gasteiger partial charge in [-0.05, 0) is 69.1 Å². The average molecular weight is 373 g/mol. The summed E-state index contributed by atoms with van der Waals surface area (Å²) in [6, 6.07) is 7.24. The molecule has 2 amide bonds. The zero-order chi connectivity index (χ0) is 19.6. The van der Waals surface area contributed by atoms with E-state index >= 15 is 0 Å². The molecule has 6 nitrogen and oxygen atoms in total. The fourth-order valence-corrected chi connectivity index (χ4v) is 3.00. The molecule has 0 bridgehead atoms. The number of rotatable bonds is 9.